The number of aryl methyl sites for hydroxylation is 1. The van der Waals surface area contributed by atoms with E-state index in [1.165, 1.54) is 33.8 Å². The van der Waals surface area contributed by atoms with E-state index in [0.717, 1.165) is 0 Å². The summed E-state index contributed by atoms with van der Waals surface area (Å²) < 4.78 is 14.7. The van der Waals surface area contributed by atoms with Crippen molar-refractivity contribution in [1.82, 2.24) is 9.55 Å². The highest BCUT2D eigenvalue weighted by Crippen LogP contribution is 2.26. The second kappa shape index (κ2) is 7.90. The van der Waals surface area contributed by atoms with Gasteiger partial charge in [0.05, 0.1) is 17.1 Å². The summed E-state index contributed by atoms with van der Waals surface area (Å²) in [7, 11) is 0. The number of para-hydroxylation sites is 2. The summed E-state index contributed by atoms with van der Waals surface area (Å²) in [5.74, 6) is -1.64. The zero-order valence-electron chi connectivity index (χ0n) is 16.5. The van der Waals surface area contributed by atoms with Crippen LogP contribution in [0, 0.1) is 12.7 Å². The van der Waals surface area contributed by atoms with Gasteiger partial charge in [-0.1, -0.05) is 12.1 Å². The van der Waals surface area contributed by atoms with Gasteiger partial charge in [-0.25, -0.2) is 9.18 Å². The van der Waals surface area contributed by atoms with Gasteiger partial charge in [0.2, 0.25) is 5.91 Å². The largest absolute Gasteiger partial charge is 0.368 e. The van der Waals surface area contributed by atoms with Crippen molar-refractivity contribution in [3.8, 4) is 5.69 Å². The van der Waals surface area contributed by atoms with Crippen molar-refractivity contribution in [2.24, 2.45) is 10.8 Å². The molecule has 1 aliphatic rings. The lowest BCUT2D eigenvalue weighted by Gasteiger charge is -2.20. The molecule has 1 aromatic heterocycles. The molecule has 0 aliphatic carbocycles. The second-order valence-electron chi connectivity index (χ2n) is 7.03. The van der Waals surface area contributed by atoms with Crippen molar-refractivity contribution in [3.63, 3.8) is 0 Å². The van der Waals surface area contributed by atoms with Gasteiger partial charge in [-0.3, -0.25) is 19.2 Å². The van der Waals surface area contributed by atoms with Crippen molar-refractivity contribution in [1.29, 1.82) is 0 Å². The maximum absolute atomic E-state index is 13.3. The van der Waals surface area contributed by atoms with Gasteiger partial charge < -0.3 is 16.0 Å². The minimum Gasteiger partial charge on any atom is -0.368 e. The molecule has 4 N–H and O–H groups in total. The summed E-state index contributed by atoms with van der Waals surface area (Å²) in [6.07, 6.45) is 1.56. The maximum Gasteiger partial charge on any atom is 0.330 e. The molecule has 2 amide bonds. The number of aromatic amines is 1. The highest BCUT2D eigenvalue weighted by molar-refractivity contribution is 6.44. The highest BCUT2D eigenvalue weighted by atomic mass is 19.1. The molecule has 0 radical (unpaired) electrons. The second-order valence-corrected chi connectivity index (χ2v) is 7.03. The molecule has 158 valence electrons. The van der Waals surface area contributed by atoms with Crippen LogP contribution in [0.3, 0.4) is 0 Å². The van der Waals surface area contributed by atoms with Gasteiger partial charge in [-0.05, 0) is 43.3 Å². The predicted octanol–water partition coefficient (Wildman–Crippen LogP) is 1.67. The van der Waals surface area contributed by atoms with Crippen molar-refractivity contribution < 1.29 is 14.0 Å². The number of nitrogens with one attached hydrogen (secondary N) is 2. The third kappa shape index (κ3) is 3.82. The van der Waals surface area contributed by atoms with Crippen LogP contribution < -0.4 is 21.7 Å². The Balaban J connectivity index is 1.64. The van der Waals surface area contributed by atoms with E-state index in [9.17, 15) is 18.8 Å². The Morgan fingerprint density at radius 2 is 1.90 bits per heavy atom. The van der Waals surface area contributed by atoms with Crippen LogP contribution in [0.25, 0.3) is 5.69 Å². The van der Waals surface area contributed by atoms with Gasteiger partial charge in [-0.15, -0.1) is 0 Å². The lowest BCUT2D eigenvalue weighted by atomic mass is 10.1. The number of carbonyl (C=O) groups excluding carboxylic acids is 2. The molecule has 0 saturated heterocycles. The Morgan fingerprint density at radius 3 is 2.55 bits per heavy atom. The fourth-order valence-corrected chi connectivity index (χ4v) is 3.42. The third-order valence-electron chi connectivity index (χ3n) is 4.95. The molecular weight excluding hydrogens is 403 g/mol. The van der Waals surface area contributed by atoms with E-state index in [1.807, 2.05) is 0 Å². The van der Waals surface area contributed by atoms with Gasteiger partial charge in [-0.2, -0.15) is 5.10 Å². The number of H-pyrrole nitrogens is 1. The highest BCUT2D eigenvalue weighted by Gasteiger charge is 2.35. The number of imidazole rings is 1. The molecular formula is C21H19FN6O3. The summed E-state index contributed by atoms with van der Waals surface area (Å²) in [6, 6.07) is 11.3. The smallest absolute Gasteiger partial charge is 0.330 e. The molecule has 10 heteroatoms. The van der Waals surface area contributed by atoms with Crippen molar-refractivity contribution in [2.75, 3.05) is 10.3 Å². The van der Waals surface area contributed by atoms with Crippen LogP contribution in [-0.2, 0) is 9.59 Å². The number of nitrogens with two attached hydrogens (primary N) is 1. The molecule has 1 aliphatic heterocycles. The number of anilines is 2. The van der Waals surface area contributed by atoms with E-state index in [4.69, 9.17) is 5.73 Å². The van der Waals surface area contributed by atoms with E-state index in [0.29, 0.717) is 22.8 Å². The number of hydrogen-bond donors (Lipinski definition) is 3. The number of carbonyl (C=O) groups is 2. The van der Waals surface area contributed by atoms with Crippen molar-refractivity contribution in [2.45, 2.75) is 19.4 Å². The van der Waals surface area contributed by atoms with E-state index >= 15 is 0 Å². The lowest BCUT2D eigenvalue weighted by Crippen LogP contribution is -2.39. The molecule has 1 atom stereocenters. The zero-order chi connectivity index (χ0) is 22.1. The summed E-state index contributed by atoms with van der Waals surface area (Å²) >= 11 is 0. The molecule has 2 heterocycles. The van der Waals surface area contributed by atoms with E-state index < -0.39 is 23.7 Å². The summed E-state index contributed by atoms with van der Waals surface area (Å²) in [5, 5.41) is 8.32. The van der Waals surface area contributed by atoms with Crippen LogP contribution >= 0.6 is 0 Å². The predicted molar refractivity (Wildman–Crippen MR) is 114 cm³/mol. The average Bonchev–Trinajstić information content (AvgIpc) is 3.33. The minimum atomic E-state index is -0.879. The first-order chi connectivity index (χ1) is 14.8. The number of aromatic nitrogens is 2. The fraction of sp³-hybridized carbons (Fsp3) is 0.143. The number of halogens is 1. The van der Waals surface area contributed by atoms with Gasteiger partial charge in [0.1, 0.15) is 17.6 Å². The van der Waals surface area contributed by atoms with Crippen molar-refractivity contribution >= 4 is 28.9 Å². The van der Waals surface area contributed by atoms with Crippen molar-refractivity contribution in [3.05, 3.63) is 76.7 Å². The first kappa shape index (κ1) is 20.1. The normalized spacial score (nSPS) is 15.6. The molecule has 2 aromatic carbocycles. The summed E-state index contributed by atoms with van der Waals surface area (Å²) in [4.78, 5) is 39.6. The average molecular weight is 422 g/mol. The lowest BCUT2D eigenvalue weighted by molar-refractivity contribution is -0.119. The molecule has 0 spiro atoms. The number of primary amides is 1. The maximum atomic E-state index is 13.3. The number of rotatable bonds is 5. The molecule has 0 bridgehead atoms. The zero-order valence-corrected chi connectivity index (χ0v) is 16.5. The van der Waals surface area contributed by atoms with Crippen LogP contribution in [-0.4, -0.2) is 33.1 Å². The van der Waals surface area contributed by atoms with E-state index in [1.54, 1.807) is 37.4 Å². The number of amides is 2. The van der Waals surface area contributed by atoms with Crippen LogP contribution in [0.4, 0.5) is 15.8 Å². The van der Waals surface area contributed by atoms with E-state index in [2.05, 4.69) is 15.4 Å². The van der Waals surface area contributed by atoms with Gasteiger partial charge >= 0.3 is 5.69 Å². The Morgan fingerprint density at radius 1 is 1.19 bits per heavy atom. The standard InChI is InChI=1S/C21H19FN6O3/c1-12-11-24-21(31)27(12)17-5-3-2-4-15(17)25-20(30)16-10-18(19(23)29)28(26-16)14-8-6-13(22)7-9-14/h2-9,11,18H,10H2,1H3,(H2,23,29)(H,24,31)(H,25,30). The Hall–Kier alpha value is -4.21. The number of hydrazone groups is 1. The molecule has 4 rings (SSSR count). The number of hydrogen-bond acceptors (Lipinski definition) is 5. The first-order valence-corrected chi connectivity index (χ1v) is 9.44. The Kier molecular flexibility index (Phi) is 5.12. The molecule has 0 saturated carbocycles. The number of nitrogens with zero attached hydrogens (tertiary/aromatic N) is 3. The Labute approximate surface area is 176 Å². The molecule has 3 aromatic rings. The minimum absolute atomic E-state index is 0.0101. The molecule has 31 heavy (non-hydrogen) atoms. The quantitative estimate of drug-likeness (QED) is 0.578. The summed E-state index contributed by atoms with van der Waals surface area (Å²) in [5.41, 5.74) is 7.22. The van der Waals surface area contributed by atoms with Crippen LogP contribution in [0.15, 0.2) is 64.6 Å². The SMILES string of the molecule is Cc1c[nH]c(=O)n1-c1ccccc1NC(=O)C1=NN(c2ccc(F)cc2)C(C(N)=O)C1. The van der Waals surface area contributed by atoms with Crippen LogP contribution in [0.1, 0.15) is 12.1 Å². The van der Waals surface area contributed by atoms with Gasteiger partial charge in [0.25, 0.3) is 5.91 Å². The summed E-state index contributed by atoms with van der Waals surface area (Å²) in [6.45, 7) is 1.76. The molecule has 0 fully saturated rings. The molecule has 9 nitrogen and oxygen atoms in total. The fourth-order valence-electron chi connectivity index (χ4n) is 3.42. The third-order valence-corrected chi connectivity index (χ3v) is 4.95. The monoisotopic (exact) mass is 422 g/mol. The van der Waals surface area contributed by atoms with Crippen LogP contribution in [0.5, 0.6) is 0 Å². The van der Waals surface area contributed by atoms with Gasteiger partial charge in [0.15, 0.2) is 0 Å². The van der Waals surface area contributed by atoms with Gasteiger partial charge in [0, 0.05) is 18.3 Å². The van der Waals surface area contributed by atoms with E-state index in [-0.39, 0.29) is 17.8 Å². The van der Waals surface area contributed by atoms with Crippen LogP contribution in [0.2, 0.25) is 0 Å². The molecule has 1 unspecified atom stereocenters. The Bertz CT molecular complexity index is 1240. The topological polar surface area (TPSA) is 126 Å². The first-order valence-electron chi connectivity index (χ1n) is 9.44. The number of benzene rings is 2.